The van der Waals surface area contributed by atoms with Gasteiger partial charge >= 0.3 is 5.97 Å². The van der Waals surface area contributed by atoms with Crippen LogP contribution in [0.2, 0.25) is 0 Å². The predicted octanol–water partition coefficient (Wildman–Crippen LogP) is 4.02. The maximum Gasteiger partial charge on any atom is 0.326 e. The fourth-order valence-corrected chi connectivity index (χ4v) is 3.14. The van der Waals surface area contributed by atoms with E-state index in [4.69, 9.17) is 0 Å². The Morgan fingerprint density at radius 1 is 1.33 bits per heavy atom. The average Bonchev–Trinajstić information content (AvgIpc) is 3.20. The number of hydrogen-bond donors (Lipinski definition) is 4. The van der Waals surface area contributed by atoms with E-state index < -0.39 is 17.9 Å². The van der Waals surface area contributed by atoms with Crippen molar-refractivity contribution in [2.24, 2.45) is 5.41 Å². The van der Waals surface area contributed by atoms with Crippen molar-refractivity contribution in [3.63, 3.8) is 0 Å². The Morgan fingerprint density at radius 2 is 2.10 bits per heavy atom. The quantitative estimate of drug-likeness (QED) is 0.454. The van der Waals surface area contributed by atoms with Gasteiger partial charge in [0.15, 0.2) is 0 Å². The van der Waals surface area contributed by atoms with Crippen molar-refractivity contribution in [1.82, 2.24) is 15.3 Å². The van der Waals surface area contributed by atoms with Gasteiger partial charge in [-0.05, 0) is 47.6 Å². The first-order valence-corrected chi connectivity index (χ1v) is 11.2. The smallest absolute Gasteiger partial charge is 0.326 e. The number of thioether (sulfide) groups is 1. The van der Waals surface area contributed by atoms with Crippen LogP contribution in [0.25, 0.3) is 6.08 Å². The first-order valence-electron chi connectivity index (χ1n) is 9.77. The molecule has 162 valence electrons. The van der Waals surface area contributed by atoms with Crippen molar-refractivity contribution in [3.05, 3.63) is 53.6 Å². The van der Waals surface area contributed by atoms with Crippen LogP contribution >= 0.6 is 11.8 Å². The number of carboxylic acid groups (broad SMARTS) is 1. The van der Waals surface area contributed by atoms with E-state index in [1.807, 2.05) is 36.7 Å². The van der Waals surface area contributed by atoms with Crippen LogP contribution < -0.4 is 10.6 Å². The topological polar surface area (TPSA) is 107 Å². The lowest BCUT2D eigenvalue weighted by Gasteiger charge is -2.17. The Kier molecular flexibility index (Phi) is 8.53. The number of rotatable bonds is 10. The zero-order chi connectivity index (χ0) is 22.1. The number of carbonyl (C=O) groups is 2. The highest BCUT2D eigenvalue weighted by molar-refractivity contribution is 7.98. The number of anilines is 1. The van der Waals surface area contributed by atoms with E-state index >= 15 is 0 Å². The first-order chi connectivity index (χ1) is 14.2. The van der Waals surface area contributed by atoms with Crippen molar-refractivity contribution in [1.29, 1.82) is 0 Å². The summed E-state index contributed by atoms with van der Waals surface area (Å²) < 4.78 is 0. The molecule has 2 aromatic rings. The second-order valence-corrected chi connectivity index (χ2v) is 9.05. The molecule has 30 heavy (non-hydrogen) atoms. The highest BCUT2D eigenvalue weighted by atomic mass is 32.2. The molecule has 0 spiro atoms. The number of aliphatic carboxylic acids is 1. The number of H-pyrrole nitrogens is 1. The molecule has 0 aliphatic rings. The van der Waals surface area contributed by atoms with Crippen LogP contribution in [-0.2, 0) is 11.3 Å². The van der Waals surface area contributed by atoms with Crippen molar-refractivity contribution >= 4 is 35.4 Å². The van der Waals surface area contributed by atoms with Crippen LogP contribution in [0, 0.1) is 5.41 Å². The van der Waals surface area contributed by atoms with Crippen LogP contribution in [0.15, 0.2) is 36.8 Å². The maximum absolute atomic E-state index is 12.9. The van der Waals surface area contributed by atoms with Crippen molar-refractivity contribution in [3.8, 4) is 0 Å². The summed E-state index contributed by atoms with van der Waals surface area (Å²) in [5.74, 6) is -0.762. The summed E-state index contributed by atoms with van der Waals surface area (Å²) in [6, 6.07) is 4.51. The Hall–Kier alpha value is -2.74. The molecule has 0 unspecified atom stereocenters. The molecule has 0 aliphatic carbocycles. The highest BCUT2D eigenvalue weighted by Gasteiger charge is 2.21. The summed E-state index contributed by atoms with van der Waals surface area (Å²) >= 11 is 1.55. The number of aromatic nitrogens is 2. The molecule has 0 saturated carbocycles. The van der Waals surface area contributed by atoms with Crippen LogP contribution in [-0.4, -0.2) is 45.0 Å². The number of carbonyl (C=O) groups excluding carboxylic acids is 1. The monoisotopic (exact) mass is 430 g/mol. The summed E-state index contributed by atoms with van der Waals surface area (Å²) in [7, 11) is 0. The molecule has 7 nitrogen and oxygen atoms in total. The predicted molar refractivity (Wildman–Crippen MR) is 123 cm³/mol. The largest absolute Gasteiger partial charge is 0.480 e. The van der Waals surface area contributed by atoms with Gasteiger partial charge in [-0.2, -0.15) is 11.8 Å². The number of imidazole rings is 1. The van der Waals surface area contributed by atoms with Crippen molar-refractivity contribution in [2.45, 2.75) is 39.8 Å². The van der Waals surface area contributed by atoms with E-state index in [1.165, 1.54) is 0 Å². The number of amides is 1. The van der Waals surface area contributed by atoms with Gasteiger partial charge in [0, 0.05) is 17.4 Å². The lowest BCUT2D eigenvalue weighted by Crippen LogP contribution is -2.41. The van der Waals surface area contributed by atoms with Gasteiger partial charge in [0.25, 0.3) is 5.91 Å². The fraction of sp³-hybridized carbons (Fsp3) is 0.409. The van der Waals surface area contributed by atoms with Gasteiger partial charge in [0.2, 0.25) is 0 Å². The zero-order valence-corrected chi connectivity index (χ0v) is 18.7. The second-order valence-electron chi connectivity index (χ2n) is 8.06. The third kappa shape index (κ3) is 7.59. The van der Waals surface area contributed by atoms with E-state index in [2.05, 4.69) is 41.4 Å². The van der Waals surface area contributed by atoms with Crippen LogP contribution in [0.5, 0.6) is 0 Å². The molecule has 1 amide bonds. The molecule has 2 rings (SSSR count). The lowest BCUT2D eigenvalue weighted by atomic mass is 9.94. The molecular weight excluding hydrogens is 400 g/mol. The minimum absolute atomic E-state index is 0.0613. The van der Waals surface area contributed by atoms with Gasteiger partial charge < -0.3 is 20.7 Å². The number of carboxylic acids is 1. The van der Waals surface area contributed by atoms with Gasteiger partial charge in [-0.3, -0.25) is 4.79 Å². The number of nitrogens with one attached hydrogen (secondary N) is 3. The maximum atomic E-state index is 12.9. The molecule has 0 saturated heterocycles. The van der Waals surface area contributed by atoms with E-state index in [-0.39, 0.29) is 5.41 Å². The molecule has 1 aromatic heterocycles. The molecule has 4 N–H and O–H groups in total. The minimum Gasteiger partial charge on any atom is -0.480 e. The number of nitrogens with zero attached hydrogens (tertiary/aromatic N) is 1. The Labute approximate surface area is 181 Å². The van der Waals surface area contributed by atoms with Gasteiger partial charge in [0.1, 0.15) is 6.04 Å². The Bertz CT molecular complexity index is 873. The molecule has 0 bridgehead atoms. The first kappa shape index (κ1) is 23.5. The summed E-state index contributed by atoms with van der Waals surface area (Å²) in [5.41, 5.74) is 2.83. The molecular formula is C22H30N4O3S. The van der Waals surface area contributed by atoms with Crippen molar-refractivity contribution in [2.75, 3.05) is 17.3 Å². The van der Waals surface area contributed by atoms with E-state index in [0.29, 0.717) is 24.3 Å². The SMILES string of the molecule is CSCC[C@H](NC(=O)c1ccc(NCc2c[nH]cn2)cc1C=CC(C)(C)C)C(=O)O. The molecule has 1 aromatic carbocycles. The van der Waals surface area contributed by atoms with Gasteiger partial charge in [0.05, 0.1) is 18.6 Å². The Balaban J connectivity index is 2.25. The summed E-state index contributed by atoms with van der Waals surface area (Å²) in [4.78, 5) is 31.5. The molecule has 8 heteroatoms. The number of hydrogen-bond acceptors (Lipinski definition) is 5. The highest BCUT2D eigenvalue weighted by Crippen LogP contribution is 2.22. The van der Waals surface area contributed by atoms with E-state index in [1.54, 1.807) is 24.2 Å². The standard InChI is InChI=1S/C22H30N4O3S/c1-22(2,3)9-7-15-11-16(24-13-17-12-23-14-25-17)5-6-18(15)20(27)26-19(21(28)29)8-10-30-4/h5-7,9,11-12,14,19,24H,8,10,13H2,1-4H3,(H,23,25)(H,26,27)(H,28,29)/t19-/m0/s1. The lowest BCUT2D eigenvalue weighted by molar-refractivity contribution is -0.139. The molecule has 0 fully saturated rings. The molecule has 0 radical (unpaired) electrons. The number of benzene rings is 1. The normalized spacial score (nSPS) is 12.7. The summed E-state index contributed by atoms with van der Waals surface area (Å²) in [5, 5.41) is 15.4. The summed E-state index contributed by atoms with van der Waals surface area (Å²) in [6.07, 6.45) is 9.66. The zero-order valence-electron chi connectivity index (χ0n) is 17.9. The van der Waals surface area contributed by atoms with Gasteiger partial charge in [-0.15, -0.1) is 0 Å². The van der Waals surface area contributed by atoms with E-state index in [0.717, 1.165) is 16.9 Å². The minimum atomic E-state index is -1.03. The average molecular weight is 431 g/mol. The third-order valence-corrected chi connectivity index (χ3v) is 4.95. The van der Waals surface area contributed by atoms with E-state index in [9.17, 15) is 14.7 Å². The van der Waals surface area contributed by atoms with Crippen LogP contribution in [0.3, 0.4) is 0 Å². The van der Waals surface area contributed by atoms with Crippen LogP contribution in [0.1, 0.15) is 48.8 Å². The van der Waals surface area contributed by atoms with Crippen molar-refractivity contribution < 1.29 is 14.7 Å². The number of aromatic amines is 1. The number of allylic oxidation sites excluding steroid dienone is 1. The fourth-order valence-electron chi connectivity index (χ4n) is 2.67. The van der Waals surface area contributed by atoms with Gasteiger partial charge in [-0.1, -0.05) is 32.9 Å². The van der Waals surface area contributed by atoms with Gasteiger partial charge in [-0.25, -0.2) is 9.78 Å². The summed E-state index contributed by atoms with van der Waals surface area (Å²) in [6.45, 7) is 6.77. The third-order valence-electron chi connectivity index (χ3n) is 4.30. The molecule has 1 atom stereocenters. The van der Waals surface area contributed by atoms with Crippen LogP contribution in [0.4, 0.5) is 5.69 Å². The second kappa shape index (κ2) is 10.9. The molecule has 1 heterocycles. The molecule has 0 aliphatic heterocycles. The Morgan fingerprint density at radius 3 is 2.70 bits per heavy atom.